The first-order valence-corrected chi connectivity index (χ1v) is 14.2. The molecule has 0 fully saturated rings. The van der Waals surface area contributed by atoms with Crippen LogP contribution in [-0.4, -0.2) is 42.3 Å². The fraction of sp³-hybridized carbons (Fsp3) is 0.212. The van der Waals surface area contributed by atoms with E-state index in [4.69, 9.17) is 9.47 Å². The molecule has 0 aliphatic carbocycles. The van der Waals surface area contributed by atoms with Gasteiger partial charge in [0, 0.05) is 23.9 Å². The van der Waals surface area contributed by atoms with Gasteiger partial charge in [0.25, 0.3) is 5.82 Å². The third-order valence-corrected chi connectivity index (χ3v) is 6.97. The van der Waals surface area contributed by atoms with Gasteiger partial charge in [0.05, 0.1) is 31.4 Å². The van der Waals surface area contributed by atoms with Crippen LogP contribution in [0.2, 0.25) is 0 Å². The molecule has 1 aromatic heterocycles. The number of nitrogens with one attached hydrogen (secondary N) is 1. The highest BCUT2D eigenvalue weighted by Crippen LogP contribution is 2.40. The topological polar surface area (TPSA) is 135 Å². The predicted octanol–water partition coefficient (Wildman–Crippen LogP) is 5.26. The van der Waals surface area contributed by atoms with E-state index >= 15 is 0 Å². The number of benzene rings is 3. The van der Waals surface area contributed by atoms with Crippen molar-refractivity contribution in [1.82, 2.24) is 0 Å². The lowest BCUT2D eigenvalue weighted by molar-refractivity contribution is -0.591. The molecule has 1 atom stereocenters. The molecule has 1 aliphatic heterocycles. The molecule has 0 saturated carbocycles. The minimum atomic E-state index is -0.948. The lowest BCUT2D eigenvalue weighted by atomic mass is 10.1. The van der Waals surface area contributed by atoms with Crippen LogP contribution in [0.1, 0.15) is 24.8 Å². The minimum absolute atomic E-state index is 0.0431. The number of hydrogen-bond acceptors (Lipinski definition) is 7. The Hall–Kier alpha value is -5.58. The van der Waals surface area contributed by atoms with Gasteiger partial charge in [0.1, 0.15) is 18.5 Å². The molecule has 0 radical (unpaired) electrons. The zero-order valence-electron chi connectivity index (χ0n) is 23.9. The number of carbonyl (C=O) groups is 3. The summed E-state index contributed by atoms with van der Waals surface area (Å²) in [6.07, 6.45) is 0.255. The minimum Gasteiger partial charge on any atom is -0.711 e. The fourth-order valence-corrected chi connectivity index (χ4v) is 4.92. The maximum absolute atomic E-state index is 13.0. The van der Waals surface area contributed by atoms with E-state index in [-0.39, 0.29) is 44.1 Å². The van der Waals surface area contributed by atoms with Crippen molar-refractivity contribution < 1.29 is 33.7 Å². The zero-order chi connectivity index (χ0) is 30.9. The molecule has 0 saturated heterocycles. The number of pyridine rings is 1. The molecule has 226 valence electrons. The highest BCUT2D eigenvalue weighted by Gasteiger charge is 2.30. The van der Waals surface area contributed by atoms with Crippen molar-refractivity contribution in [3.63, 3.8) is 0 Å². The van der Waals surface area contributed by atoms with Crippen molar-refractivity contribution in [3.05, 3.63) is 114 Å². The number of amides is 2. The van der Waals surface area contributed by atoms with E-state index < -0.39 is 18.2 Å². The molecule has 11 heteroatoms. The molecule has 2 heterocycles. The largest absolute Gasteiger partial charge is 0.711 e. The summed E-state index contributed by atoms with van der Waals surface area (Å²) in [5, 5.41) is 24.6. The second-order valence-corrected chi connectivity index (χ2v) is 10.2. The Morgan fingerprint density at radius 2 is 1.73 bits per heavy atom. The highest BCUT2D eigenvalue weighted by atomic mass is 16.6. The first-order valence-electron chi connectivity index (χ1n) is 14.2. The van der Waals surface area contributed by atoms with Gasteiger partial charge >= 0.3 is 12.1 Å². The Bertz CT molecular complexity index is 1600. The molecule has 0 bridgehead atoms. The Morgan fingerprint density at radius 1 is 1.00 bits per heavy atom. The molecular formula is C33H32N4O7. The number of aromatic nitrogens is 1. The molecule has 0 spiro atoms. The van der Waals surface area contributed by atoms with E-state index in [1.807, 2.05) is 65.6 Å². The van der Waals surface area contributed by atoms with Gasteiger partial charge in [0.2, 0.25) is 5.91 Å². The molecule has 4 aromatic rings. The van der Waals surface area contributed by atoms with Crippen LogP contribution in [0.5, 0.6) is 5.75 Å². The van der Waals surface area contributed by atoms with E-state index in [9.17, 15) is 24.7 Å². The summed E-state index contributed by atoms with van der Waals surface area (Å²) in [7, 11) is 0. The Morgan fingerprint density at radius 3 is 2.45 bits per heavy atom. The molecule has 1 aliphatic rings. The average Bonchev–Trinajstić information content (AvgIpc) is 3.03. The number of rotatable bonds is 11. The maximum Gasteiger partial charge on any atom is 0.507 e. The van der Waals surface area contributed by atoms with E-state index in [1.54, 1.807) is 30.3 Å². The van der Waals surface area contributed by atoms with Crippen molar-refractivity contribution in [2.75, 3.05) is 28.2 Å². The van der Waals surface area contributed by atoms with Gasteiger partial charge in [-0.05, 0) is 48.4 Å². The van der Waals surface area contributed by atoms with Gasteiger partial charge < -0.3 is 30.0 Å². The van der Waals surface area contributed by atoms with Crippen LogP contribution in [0, 0.1) is 5.21 Å². The number of fused-ring (bicyclic) bond motifs is 1. The van der Waals surface area contributed by atoms with Gasteiger partial charge in [-0.15, -0.1) is 0 Å². The number of carboxylic acids is 1. The lowest BCUT2D eigenvalue weighted by Crippen LogP contribution is -2.42. The first-order chi connectivity index (χ1) is 21.4. The summed E-state index contributed by atoms with van der Waals surface area (Å²) >= 11 is 0. The number of hydrogen-bond donors (Lipinski definition) is 2. The SMILES string of the molecule is O=C(O)CC1CN(c2ccccc2)c2cc(NC(=O)CCCN(C(=O)OCc3ccccc3)c3cccc[n+]3[O-])ccc2O1. The molecule has 1 unspecified atom stereocenters. The number of carbonyl (C=O) groups excluding carboxylic acids is 2. The zero-order valence-corrected chi connectivity index (χ0v) is 23.9. The van der Waals surface area contributed by atoms with Crippen LogP contribution in [0.15, 0.2) is 103 Å². The summed E-state index contributed by atoms with van der Waals surface area (Å²) in [5.74, 6) is -0.612. The van der Waals surface area contributed by atoms with Crippen molar-refractivity contribution in [2.24, 2.45) is 0 Å². The summed E-state index contributed by atoms with van der Waals surface area (Å²) in [4.78, 5) is 40.5. The van der Waals surface area contributed by atoms with Crippen LogP contribution in [0.4, 0.5) is 27.7 Å². The van der Waals surface area contributed by atoms with Crippen LogP contribution in [0.25, 0.3) is 0 Å². The summed E-state index contributed by atoms with van der Waals surface area (Å²) in [6.45, 7) is 0.454. The van der Waals surface area contributed by atoms with E-state index in [1.165, 1.54) is 17.2 Å². The summed E-state index contributed by atoms with van der Waals surface area (Å²) in [6, 6.07) is 28.7. The summed E-state index contributed by atoms with van der Waals surface area (Å²) in [5.41, 5.74) is 2.91. The lowest BCUT2D eigenvalue weighted by Gasteiger charge is -2.36. The number of para-hydroxylation sites is 1. The molecule has 2 amide bonds. The molecule has 2 N–H and O–H groups in total. The van der Waals surface area contributed by atoms with Crippen LogP contribution < -0.4 is 24.6 Å². The number of aliphatic carboxylic acids is 1. The molecule has 3 aromatic carbocycles. The van der Waals surface area contributed by atoms with Crippen LogP contribution in [-0.2, 0) is 20.9 Å². The van der Waals surface area contributed by atoms with Crippen LogP contribution >= 0.6 is 0 Å². The fourth-order valence-electron chi connectivity index (χ4n) is 4.92. The first kappa shape index (κ1) is 29.9. The summed E-state index contributed by atoms with van der Waals surface area (Å²) < 4.78 is 12.0. The van der Waals surface area contributed by atoms with Gasteiger partial charge in [-0.25, -0.2) is 4.73 Å². The van der Waals surface area contributed by atoms with Gasteiger partial charge in [-0.2, -0.15) is 9.69 Å². The number of ether oxygens (including phenoxy) is 2. The molecule has 11 nitrogen and oxygen atoms in total. The number of carboxylic acid groups (broad SMARTS) is 1. The predicted molar refractivity (Wildman–Crippen MR) is 164 cm³/mol. The van der Waals surface area contributed by atoms with Crippen molar-refractivity contribution in [2.45, 2.75) is 32.0 Å². The Kier molecular flexibility index (Phi) is 9.55. The van der Waals surface area contributed by atoms with Crippen molar-refractivity contribution in [1.29, 1.82) is 0 Å². The maximum atomic E-state index is 13.0. The average molecular weight is 597 g/mol. The highest BCUT2D eigenvalue weighted by molar-refractivity contribution is 5.92. The normalized spacial score (nSPS) is 13.7. The number of nitrogens with zero attached hydrogens (tertiary/aromatic N) is 3. The van der Waals surface area contributed by atoms with Crippen molar-refractivity contribution in [3.8, 4) is 5.75 Å². The quantitative estimate of drug-likeness (QED) is 0.177. The molecular weight excluding hydrogens is 564 g/mol. The van der Waals surface area contributed by atoms with Gasteiger partial charge in [0.15, 0.2) is 0 Å². The van der Waals surface area contributed by atoms with E-state index in [2.05, 4.69) is 5.32 Å². The van der Waals surface area contributed by atoms with E-state index in [0.717, 1.165) is 11.3 Å². The van der Waals surface area contributed by atoms with Gasteiger partial charge in [-0.1, -0.05) is 54.6 Å². The monoisotopic (exact) mass is 596 g/mol. The molecule has 5 rings (SSSR count). The van der Waals surface area contributed by atoms with Crippen LogP contribution in [0.3, 0.4) is 0 Å². The smallest absolute Gasteiger partial charge is 0.507 e. The Balaban J connectivity index is 1.24. The third-order valence-electron chi connectivity index (χ3n) is 6.97. The standard InChI is InChI=1S/C33H32N4O7/c38-30(14-9-18-35(31-15-7-8-19-37(31)42)33(41)43-23-24-10-3-1-4-11-24)34-25-16-17-29-28(20-25)36(26-12-5-2-6-13-26)22-27(44-29)21-32(39)40/h1-8,10-13,15-17,19-20,27H,9,14,18,21-23H2,(H,34,38)(H,39,40). The van der Waals surface area contributed by atoms with Gasteiger partial charge in [-0.3, -0.25) is 9.59 Å². The Labute approximate surface area is 254 Å². The third kappa shape index (κ3) is 7.62. The van der Waals surface area contributed by atoms with Crippen molar-refractivity contribution >= 4 is 40.8 Å². The second-order valence-electron chi connectivity index (χ2n) is 10.2. The molecule has 44 heavy (non-hydrogen) atoms. The number of anilines is 4. The second kappa shape index (κ2) is 14.1. The van der Waals surface area contributed by atoms with E-state index in [0.29, 0.717) is 28.4 Å².